The Kier molecular flexibility index (Phi) is 4.49. The first-order valence-electron chi connectivity index (χ1n) is 12.0. The molecule has 1 unspecified atom stereocenters. The second-order valence-electron chi connectivity index (χ2n) is 9.49. The van der Waals surface area contributed by atoms with Gasteiger partial charge in [0.05, 0.1) is 17.1 Å². The van der Waals surface area contributed by atoms with Crippen LogP contribution in [0.1, 0.15) is 29.4 Å². The molecular weight excluding hydrogens is 432 g/mol. The van der Waals surface area contributed by atoms with Crippen molar-refractivity contribution in [3.8, 4) is 0 Å². The van der Waals surface area contributed by atoms with Gasteiger partial charge in [-0.2, -0.15) is 0 Å². The Labute approximate surface area is 202 Å². The molecule has 35 heavy (non-hydrogen) atoms. The van der Waals surface area contributed by atoms with E-state index >= 15 is 0 Å². The number of hydrogen-bond donors (Lipinski definition) is 3. The lowest BCUT2D eigenvalue weighted by Crippen LogP contribution is -2.42. The number of carbonyl (C=O) groups is 1. The molecule has 1 fully saturated rings. The number of nitrogens with zero attached hydrogens (tertiary/aromatic N) is 1. The number of rotatable bonds is 4. The Balaban J connectivity index is 1.27. The van der Waals surface area contributed by atoms with Crippen molar-refractivity contribution in [1.82, 2.24) is 15.0 Å². The van der Waals surface area contributed by atoms with E-state index in [0.717, 1.165) is 34.0 Å². The van der Waals surface area contributed by atoms with Crippen molar-refractivity contribution in [2.75, 3.05) is 5.32 Å². The first-order chi connectivity index (χ1) is 17.2. The van der Waals surface area contributed by atoms with Gasteiger partial charge in [-0.15, -0.1) is 0 Å². The van der Waals surface area contributed by atoms with Crippen molar-refractivity contribution in [1.29, 1.82) is 0 Å². The fraction of sp³-hybridized carbons (Fsp3) is 0.133. The van der Waals surface area contributed by atoms with Gasteiger partial charge >= 0.3 is 0 Å². The molecule has 7 rings (SSSR count). The topological polar surface area (TPSA) is 73.6 Å². The SMILES string of the molecule is O=C(Nc1cccc2cccnc12)C1[C@@H](c2ccc3[nH]ccc3c2)C[C@H]1c1ccc2[nH]ccc2c1. The number of carbonyl (C=O) groups excluding carboxylic acids is 1. The summed E-state index contributed by atoms with van der Waals surface area (Å²) >= 11 is 0. The molecule has 1 aliphatic carbocycles. The number of hydrogen-bond acceptors (Lipinski definition) is 2. The number of H-pyrrole nitrogens is 2. The van der Waals surface area contributed by atoms with E-state index in [4.69, 9.17) is 0 Å². The van der Waals surface area contributed by atoms with Gasteiger partial charge in [0.15, 0.2) is 0 Å². The molecule has 0 spiro atoms. The fourth-order valence-corrected chi connectivity index (χ4v) is 5.73. The highest BCUT2D eigenvalue weighted by atomic mass is 16.2. The summed E-state index contributed by atoms with van der Waals surface area (Å²) in [6.07, 6.45) is 6.63. The van der Waals surface area contributed by atoms with Crippen molar-refractivity contribution < 1.29 is 4.79 Å². The third-order valence-electron chi connectivity index (χ3n) is 7.58. The minimum atomic E-state index is -0.165. The smallest absolute Gasteiger partial charge is 0.228 e. The van der Waals surface area contributed by atoms with Gasteiger partial charge in [-0.1, -0.05) is 30.3 Å². The third kappa shape index (κ3) is 3.31. The quantitative estimate of drug-likeness (QED) is 0.275. The number of para-hydroxylation sites is 1. The van der Waals surface area contributed by atoms with Crippen LogP contribution in [0.15, 0.2) is 97.5 Å². The monoisotopic (exact) mass is 456 g/mol. The molecule has 3 aromatic heterocycles. The third-order valence-corrected chi connectivity index (χ3v) is 7.58. The van der Waals surface area contributed by atoms with Gasteiger partial charge in [-0.25, -0.2) is 0 Å². The Morgan fingerprint density at radius 1 is 0.771 bits per heavy atom. The first kappa shape index (κ1) is 20.0. The molecule has 6 aromatic rings. The molecule has 3 heterocycles. The van der Waals surface area contributed by atoms with E-state index in [0.29, 0.717) is 0 Å². The van der Waals surface area contributed by atoms with Crippen LogP contribution < -0.4 is 5.32 Å². The molecule has 0 radical (unpaired) electrons. The standard InChI is InChI=1S/C30H24N4O/c35-30(34-27-5-1-3-18-4-2-12-33-29(18)27)28-23(19-6-8-25-21(15-19)10-13-31-25)17-24(28)20-7-9-26-22(16-20)11-14-32-26/h1-16,23-24,28,31-32H,17H2,(H,34,35)/t23-,24+,28?. The Hall–Kier alpha value is -4.38. The van der Waals surface area contributed by atoms with E-state index in [1.165, 1.54) is 21.9 Å². The van der Waals surface area contributed by atoms with E-state index in [-0.39, 0.29) is 23.7 Å². The molecule has 1 saturated carbocycles. The van der Waals surface area contributed by atoms with Crippen LogP contribution in [0, 0.1) is 5.92 Å². The molecule has 1 amide bonds. The van der Waals surface area contributed by atoms with Crippen LogP contribution >= 0.6 is 0 Å². The molecule has 0 aliphatic heterocycles. The van der Waals surface area contributed by atoms with Crippen molar-refractivity contribution in [3.05, 3.63) is 109 Å². The second kappa shape index (κ2) is 7.84. The zero-order valence-corrected chi connectivity index (χ0v) is 19.0. The second-order valence-corrected chi connectivity index (χ2v) is 9.49. The van der Waals surface area contributed by atoms with Crippen molar-refractivity contribution in [2.24, 2.45) is 5.92 Å². The average molecular weight is 457 g/mol. The van der Waals surface area contributed by atoms with Crippen LogP contribution in [0.5, 0.6) is 0 Å². The van der Waals surface area contributed by atoms with E-state index in [1.54, 1.807) is 6.20 Å². The maximum atomic E-state index is 13.9. The summed E-state index contributed by atoms with van der Waals surface area (Å²) < 4.78 is 0. The molecule has 5 nitrogen and oxygen atoms in total. The van der Waals surface area contributed by atoms with Crippen LogP contribution in [-0.4, -0.2) is 20.9 Å². The molecule has 0 saturated heterocycles. The largest absolute Gasteiger partial charge is 0.361 e. The minimum Gasteiger partial charge on any atom is -0.361 e. The number of aromatic nitrogens is 3. The number of anilines is 1. The minimum absolute atomic E-state index is 0.0488. The number of pyridine rings is 1. The summed E-state index contributed by atoms with van der Waals surface area (Å²) in [5.41, 5.74) is 6.24. The Morgan fingerprint density at radius 2 is 1.43 bits per heavy atom. The zero-order chi connectivity index (χ0) is 23.4. The summed E-state index contributed by atoms with van der Waals surface area (Å²) in [4.78, 5) is 24.9. The zero-order valence-electron chi connectivity index (χ0n) is 19.0. The highest BCUT2D eigenvalue weighted by Gasteiger charge is 2.47. The highest BCUT2D eigenvalue weighted by Crippen LogP contribution is 2.54. The maximum Gasteiger partial charge on any atom is 0.228 e. The summed E-state index contributed by atoms with van der Waals surface area (Å²) in [7, 11) is 0. The van der Waals surface area contributed by atoms with Gasteiger partial charge in [0.1, 0.15) is 0 Å². The summed E-state index contributed by atoms with van der Waals surface area (Å²) in [6.45, 7) is 0. The average Bonchev–Trinajstić information content (AvgIpc) is 3.52. The molecular formula is C30H24N4O. The molecule has 5 heteroatoms. The molecule has 3 aromatic carbocycles. The van der Waals surface area contributed by atoms with Gasteiger partial charge in [-0.3, -0.25) is 9.78 Å². The van der Waals surface area contributed by atoms with Crippen molar-refractivity contribution >= 4 is 44.3 Å². The molecule has 0 bridgehead atoms. The number of aromatic amines is 2. The summed E-state index contributed by atoms with van der Waals surface area (Å²) in [6, 6.07) is 27.0. The van der Waals surface area contributed by atoms with Crippen molar-refractivity contribution in [3.63, 3.8) is 0 Å². The normalized spacial score (nSPS) is 19.7. The molecule has 1 aliphatic rings. The molecule has 3 atom stereocenters. The van der Waals surface area contributed by atoms with Gasteiger partial charge in [-0.05, 0) is 88.7 Å². The molecule has 170 valence electrons. The lowest BCUT2D eigenvalue weighted by Gasteiger charge is -2.44. The molecule has 3 N–H and O–H groups in total. The van der Waals surface area contributed by atoms with E-state index in [1.807, 2.05) is 42.7 Å². The number of fused-ring (bicyclic) bond motifs is 3. The predicted molar refractivity (Wildman–Crippen MR) is 141 cm³/mol. The van der Waals surface area contributed by atoms with Crippen LogP contribution in [-0.2, 0) is 4.79 Å². The van der Waals surface area contributed by atoms with Gasteiger partial charge in [0.2, 0.25) is 5.91 Å². The van der Waals surface area contributed by atoms with Gasteiger partial charge in [0.25, 0.3) is 0 Å². The Bertz CT molecular complexity index is 1630. The summed E-state index contributed by atoms with van der Waals surface area (Å²) in [5, 5.41) is 6.61. The van der Waals surface area contributed by atoms with E-state index in [2.05, 4.69) is 68.8 Å². The predicted octanol–water partition coefficient (Wildman–Crippen LogP) is 6.72. The van der Waals surface area contributed by atoms with Crippen molar-refractivity contribution in [2.45, 2.75) is 18.3 Å². The van der Waals surface area contributed by atoms with Crippen LogP contribution in [0.4, 0.5) is 5.69 Å². The van der Waals surface area contributed by atoms with E-state index < -0.39 is 0 Å². The van der Waals surface area contributed by atoms with Crippen LogP contribution in [0.3, 0.4) is 0 Å². The highest BCUT2D eigenvalue weighted by molar-refractivity contribution is 6.02. The lowest BCUT2D eigenvalue weighted by atomic mass is 9.59. The number of benzene rings is 3. The van der Waals surface area contributed by atoms with Crippen LogP contribution in [0.25, 0.3) is 32.7 Å². The summed E-state index contributed by atoms with van der Waals surface area (Å²) in [5.74, 6) is 0.197. The fourth-order valence-electron chi connectivity index (χ4n) is 5.73. The number of nitrogens with one attached hydrogen (secondary N) is 3. The lowest BCUT2D eigenvalue weighted by molar-refractivity contribution is -0.124. The first-order valence-corrected chi connectivity index (χ1v) is 12.0. The Morgan fingerprint density at radius 3 is 2.11 bits per heavy atom. The van der Waals surface area contributed by atoms with Gasteiger partial charge in [0, 0.05) is 35.0 Å². The number of amides is 1. The van der Waals surface area contributed by atoms with E-state index in [9.17, 15) is 4.79 Å². The van der Waals surface area contributed by atoms with Gasteiger partial charge < -0.3 is 15.3 Å². The maximum absolute atomic E-state index is 13.9. The van der Waals surface area contributed by atoms with Crippen LogP contribution in [0.2, 0.25) is 0 Å².